The topological polar surface area (TPSA) is 58.2 Å². The molecule has 0 aromatic rings. The minimum Gasteiger partial charge on any atom is -0.356 e. The van der Waals surface area contributed by atoms with Crippen molar-refractivity contribution in [2.75, 3.05) is 6.54 Å². The molecule has 0 aromatic carbocycles. The van der Waals surface area contributed by atoms with E-state index in [4.69, 9.17) is 0 Å². The van der Waals surface area contributed by atoms with Crippen LogP contribution in [0.15, 0.2) is 0 Å². The number of carbonyl (C=O) groups is 2. The molecular formula is C21H38N2O2. The van der Waals surface area contributed by atoms with E-state index in [-0.39, 0.29) is 28.2 Å². The second-order valence-corrected chi connectivity index (χ2v) is 10.8. The molecule has 0 bridgehead atoms. The lowest BCUT2D eigenvalue weighted by Gasteiger charge is -2.40. The molecule has 0 heterocycles. The van der Waals surface area contributed by atoms with E-state index in [1.807, 2.05) is 0 Å². The van der Waals surface area contributed by atoms with Crippen molar-refractivity contribution in [3.63, 3.8) is 0 Å². The molecule has 2 amide bonds. The van der Waals surface area contributed by atoms with Crippen LogP contribution in [0.2, 0.25) is 0 Å². The predicted molar refractivity (Wildman–Crippen MR) is 102 cm³/mol. The normalized spacial score (nSPS) is 25.0. The van der Waals surface area contributed by atoms with Crippen molar-refractivity contribution < 1.29 is 9.59 Å². The van der Waals surface area contributed by atoms with E-state index >= 15 is 0 Å². The third kappa shape index (κ3) is 6.99. The standard InChI is InChI=1S/C21H38N2O2/c1-19(2,3)12-17(24)22-14-16-10-15(16)11-20(4,5)13-18(25)23-21(6)8-7-9-21/h15-16H,7-14H2,1-6H3,(H,22,24)(H,23,25). The lowest BCUT2D eigenvalue weighted by atomic mass is 9.77. The van der Waals surface area contributed by atoms with Gasteiger partial charge < -0.3 is 10.6 Å². The molecule has 2 saturated carbocycles. The van der Waals surface area contributed by atoms with Crippen LogP contribution in [-0.2, 0) is 9.59 Å². The zero-order chi connectivity index (χ0) is 18.9. The second kappa shape index (κ2) is 7.28. The number of nitrogens with one attached hydrogen (secondary N) is 2. The summed E-state index contributed by atoms with van der Waals surface area (Å²) in [6.45, 7) is 13.6. The van der Waals surface area contributed by atoms with Crippen molar-refractivity contribution in [1.29, 1.82) is 0 Å². The Hall–Kier alpha value is -1.06. The molecule has 0 radical (unpaired) electrons. The average Bonchev–Trinajstić information content (AvgIpc) is 3.08. The summed E-state index contributed by atoms with van der Waals surface area (Å²) in [5, 5.41) is 6.31. The minimum absolute atomic E-state index is 0.0268. The molecule has 4 heteroatoms. The summed E-state index contributed by atoms with van der Waals surface area (Å²) < 4.78 is 0. The summed E-state index contributed by atoms with van der Waals surface area (Å²) >= 11 is 0. The average molecular weight is 351 g/mol. The summed E-state index contributed by atoms with van der Waals surface area (Å²) in [7, 11) is 0. The molecule has 2 aliphatic carbocycles. The van der Waals surface area contributed by atoms with Crippen molar-refractivity contribution in [3.05, 3.63) is 0 Å². The molecule has 2 aliphatic rings. The fourth-order valence-corrected chi connectivity index (χ4v) is 4.03. The van der Waals surface area contributed by atoms with Crippen LogP contribution in [0.4, 0.5) is 0 Å². The van der Waals surface area contributed by atoms with Crippen LogP contribution in [0.3, 0.4) is 0 Å². The highest BCUT2D eigenvalue weighted by Gasteiger charge is 2.42. The van der Waals surface area contributed by atoms with Gasteiger partial charge in [0.25, 0.3) is 0 Å². The fraction of sp³-hybridized carbons (Fsp3) is 0.905. The molecular weight excluding hydrogens is 312 g/mol. The van der Waals surface area contributed by atoms with Crippen molar-refractivity contribution >= 4 is 11.8 Å². The van der Waals surface area contributed by atoms with Crippen LogP contribution >= 0.6 is 0 Å². The maximum atomic E-state index is 12.3. The van der Waals surface area contributed by atoms with Crippen LogP contribution < -0.4 is 10.6 Å². The molecule has 2 N–H and O–H groups in total. The summed E-state index contributed by atoms with van der Waals surface area (Å²) in [4.78, 5) is 24.3. The van der Waals surface area contributed by atoms with Gasteiger partial charge in [-0.05, 0) is 61.7 Å². The first-order valence-electron chi connectivity index (χ1n) is 9.95. The van der Waals surface area contributed by atoms with Gasteiger partial charge in [0, 0.05) is 24.9 Å². The lowest BCUT2D eigenvalue weighted by Crippen LogP contribution is -2.51. The fourth-order valence-electron chi connectivity index (χ4n) is 4.03. The van der Waals surface area contributed by atoms with Crippen molar-refractivity contribution in [2.45, 2.75) is 92.0 Å². The van der Waals surface area contributed by atoms with Gasteiger partial charge in [-0.15, -0.1) is 0 Å². The summed E-state index contributed by atoms with van der Waals surface area (Å²) in [6, 6.07) is 0. The molecule has 4 nitrogen and oxygen atoms in total. The number of amides is 2. The van der Waals surface area contributed by atoms with E-state index in [2.05, 4.69) is 52.2 Å². The highest BCUT2D eigenvalue weighted by molar-refractivity contribution is 5.77. The molecule has 0 aliphatic heterocycles. The Kier molecular flexibility index (Phi) is 5.90. The van der Waals surface area contributed by atoms with Gasteiger partial charge in [-0.2, -0.15) is 0 Å². The molecule has 25 heavy (non-hydrogen) atoms. The van der Waals surface area contributed by atoms with E-state index in [0.29, 0.717) is 24.7 Å². The minimum atomic E-state index is 0.0268. The van der Waals surface area contributed by atoms with Gasteiger partial charge >= 0.3 is 0 Å². The number of hydrogen-bond acceptors (Lipinski definition) is 2. The smallest absolute Gasteiger partial charge is 0.220 e. The van der Waals surface area contributed by atoms with Crippen LogP contribution in [-0.4, -0.2) is 23.9 Å². The molecule has 0 saturated heterocycles. The number of carbonyl (C=O) groups excluding carboxylic acids is 2. The van der Waals surface area contributed by atoms with Gasteiger partial charge in [0.15, 0.2) is 0 Å². The van der Waals surface area contributed by atoms with Gasteiger partial charge in [-0.1, -0.05) is 34.6 Å². The Bertz CT molecular complexity index is 501. The van der Waals surface area contributed by atoms with Crippen molar-refractivity contribution in [1.82, 2.24) is 10.6 Å². The van der Waals surface area contributed by atoms with E-state index in [1.54, 1.807) is 0 Å². The highest BCUT2D eigenvalue weighted by atomic mass is 16.2. The Morgan fingerprint density at radius 3 is 2.16 bits per heavy atom. The largest absolute Gasteiger partial charge is 0.356 e. The summed E-state index contributed by atoms with van der Waals surface area (Å²) in [5.41, 5.74) is 0.116. The Balaban J connectivity index is 1.66. The first-order valence-corrected chi connectivity index (χ1v) is 9.95. The van der Waals surface area contributed by atoms with Crippen LogP contribution in [0.5, 0.6) is 0 Å². The van der Waals surface area contributed by atoms with Crippen LogP contribution in [0, 0.1) is 22.7 Å². The Morgan fingerprint density at radius 2 is 1.64 bits per heavy atom. The second-order valence-electron chi connectivity index (χ2n) is 10.8. The lowest BCUT2D eigenvalue weighted by molar-refractivity contribution is -0.126. The molecule has 0 aromatic heterocycles. The Morgan fingerprint density at radius 1 is 1.00 bits per heavy atom. The zero-order valence-electron chi connectivity index (χ0n) is 17.1. The molecule has 2 atom stereocenters. The van der Waals surface area contributed by atoms with Gasteiger partial charge in [0.2, 0.25) is 11.8 Å². The van der Waals surface area contributed by atoms with Crippen LogP contribution in [0.25, 0.3) is 0 Å². The van der Waals surface area contributed by atoms with Crippen LogP contribution in [0.1, 0.15) is 86.5 Å². The first kappa shape index (κ1) is 20.3. The summed E-state index contributed by atoms with van der Waals surface area (Å²) in [6.07, 6.45) is 6.87. The van der Waals surface area contributed by atoms with Gasteiger partial charge in [-0.3, -0.25) is 9.59 Å². The highest BCUT2D eigenvalue weighted by Crippen LogP contribution is 2.47. The predicted octanol–water partition coefficient (Wildman–Crippen LogP) is 4.04. The first-order chi connectivity index (χ1) is 11.4. The number of hydrogen-bond donors (Lipinski definition) is 2. The van der Waals surface area contributed by atoms with E-state index in [9.17, 15) is 9.59 Å². The van der Waals surface area contributed by atoms with Crippen molar-refractivity contribution in [3.8, 4) is 0 Å². The molecule has 2 fully saturated rings. The van der Waals surface area contributed by atoms with Gasteiger partial charge in [0.1, 0.15) is 0 Å². The Labute approximate surface area is 153 Å². The van der Waals surface area contributed by atoms with E-state index < -0.39 is 0 Å². The summed E-state index contributed by atoms with van der Waals surface area (Å²) in [5.74, 6) is 1.60. The third-order valence-electron chi connectivity index (χ3n) is 5.67. The molecule has 2 rings (SSSR count). The molecule has 2 unspecified atom stereocenters. The van der Waals surface area contributed by atoms with E-state index in [0.717, 1.165) is 25.8 Å². The van der Waals surface area contributed by atoms with Gasteiger partial charge in [-0.25, -0.2) is 0 Å². The van der Waals surface area contributed by atoms with E-state index in [1.165, 1.54) is 12.8 Å². The number of rotatable bonds is 8. The van der Waals surface area contributed by atoms with Crippen molar-refractivity contribution in [2.24, 2.45) is 22.7 Å². The molecule has 144 valence electrons. The van der Waals surface area contributed by atoms with Gasteiger partial charge in [0.05, 0.1) is 0 Å². The molecule has 0 spiro atoms. The zero-order valence-corrected chi connectivity index (χ0v) is 17.1. The maximum Gasteiger partial charge on any atom is 0.220 e. The monoisotopic (exact) mass is 350 g/mol. The quantitative estimate of drug-likeness (QED) is 0.694. The SMILES string of the molecule is CC(C)(C)CC(=O)NCC1CC1CC(C)(C)CC(=O)NC1(C)CCC1. The maximum absolute atomic E-state index is 12.3. The third-order valence-corrected chi connectivity index (χ3v) is 5.67.